The van der Waals surface area contributed by atoms with E-state index in [9.17, 15) is 14.9 Å². The second-order valence-corrected chi connectivity index (χ2v) is 7.14. The molecule has 0 spiro atoms. The number of nitrogens with one attached hydrogen (secondary N) is 1. The molecule has 1 amide bonds. The van der Waals surface area contributed by atoms with Crippen LogP contribution in [0, 0.1) is 10.1 Å². The minimum atomic E-state index is -0.611. The van der Waals surface area contributed by atoms with Crippen molar-refractivity contribution in [3.8, 4) is 11.5 Å². The molecule has 1 N–H and O–H groups in total. The van der Waals surface area contributed by atoms with E-state index in [4.69, 9.17) is 14.2 Å². The number of nitro groups is 1. The molecule has 2 rings (SSSR count). The van der Waals surface area contributed by atoms with Gasteiger partial charge in [-0.2, -0.15) is 0 Å². The highest BCUT2D eigenvalue weighted by atomic mass is 16.6. The zero-order valence-corrected chi connectivity index (χ0v) is 17.9. The molecule has 1 atom stereocenters. The number of hydrogen-bond donors (Lipinski definition) is 1. The summed E-state index contributed by atoms with van der Waals surface area (Å²) >= 11 is 0. The van der Waals surface area contributed by atoms with Gasteiger partial charge in [0.05, 0.1) is 30.7 Å². The third-order valence-electron chi connectivity index (χ3n) is 4.72. The summed E-state index contributed by atoms with van der Waals surface area (Å²) in [6, 6.07) is 10.1. The number of rotatable bonds is 10. The number of carbonyl (C=O) groups excluding carboxylic acids is 1. The number of nitrogens with zero attached hydrogens (tertiary/aromatic N) is 1. The van der Waals surface area contributed by atoms with Gasteiger partial charge in [0.2, 0.25) is 0 Å². The number of carbonyl (C=O) groups is 1. The van der Waals surface area contributed by atoms with Crippen LogP contribution in [0.3, 0.4) is 0 Å². The molecule has 162 valence electrons. The van der Waals surface area contributed by atoms with E-state index in [1.165, 1.54) is 31.9 Å². The van der Waals surface area contributed by atoms with E-state index in [1.54, 1.807) is 0 Å². The molecule has 0 saturated heterocycles. The van der Waals surface area contributed by atoms with Crippen LogP contribution in [-0.4, -0.2) is 38.3 Å². The van der Waals surface area contributed by atoms with Crippen LogP contribution in [0.15, 0.2) is 36.4 Å². The Morgan fingerprint density at radius 2 is 1.67 bits per heavy atom. The fraction of sp³-hybridized carbons (Fsp3) is 0.409. The van der Waals surface area contributed by atoms with Gasteiger partial charge in [-0.3, -0.25) is 14.9 Å². The van der Waals surface area contributed by atoms with E-state index in [0.717, 1.165) is 5.56 Å². The fourth-order valence-corrected chi connectivity index (χ4v) is 2.92. The van der Waals surface area contributed by atoms with Crippen molar-refractivity contribution in [2.75, 3.05) is 27.4 Å². The van der Waals surface area contributed by atoms with Crippen molar-refractivity contribution >= 4 is 11.6 Å². The minimum absolute atomic E-state index is 0.0957. The highest BCUT2D eigenvalue weighted by molar-refractivity contribution is 5.99. The highest BCUT2D eigenvalue weighted by Crippen LogP contribution is 2.35. The smallest absolute Gasteiger partial charge is 0.286 e. The molecule has 0 radical (unpaired) electrons. The van der Waals surface area contributed by atoms with Crippen molar-refractivity contribution in [2.24, 2.45) is 0 Å². The number of ether oxygens (including phenoxy) is 3. The predicted octanol–water partition coefficient (Wildman–Crippen LogP) is 4.24. The standard InChI is InChI=1S/C22H28N2O6/c1-14(2)16-6-8-17(9-7-16)15(3)23-22(25)18-12-20(29-5)21(30-11-10-28-4)13-19(18)24(26)27/h6-9,12-15H,10-11H2,1-5H3,(H,23,25). The van der Waals surface area contributed by atoms with Crippen molar-refractivity contribution in [1.82, 2.24) is 5.32 Å². The highest BCUT2D eigenvalue weighted by Gasteiger charge is 2.26. The molecular weight excluding hydrogens is 388 g/mol. The summed E-state index contributed by atoms with van der Waals surface area (Å²) in [4.78, 5) is 23.8. The second kappa shape index (κ2) is 10.6. The van der Waals surface area contributed by atoms with E-state index >= 15 is 0 Å². The summed E-state index contributed by atoms with van der Waals surface area (Å²) in [6.45, 7) is 6.55. The molecule has 2 aromatic carbocycles. The molecule has 0 heterocycles. The lowest BCUT2D eigenvalue weighted by Gasteiger charge is -2.17. The van der Waals surface area contributed by atoms with Crippen LogP contribution in [-0.2, 0) is 4.74 Å². The lowest BCUT2D eigenvalue weighted by Crippen LogP contribution is -2.27. The molecule has 8 heteroatoms. The molecule has 0 bridgehead atoms. The van der Waals surface area contributed by atoms with Crippen molar-refractivity contribution < 1.29 is 23.9 Å². The van der Waals surface area contributed by atoms with E-state index in [2.05, 4.69) is 19.2 Å². The number of nitro benzene ring substituents is 1. The van der Waals surface area contributed by atoms with Crippen LogP contribution < -0.4 is 14.8 Å². The van der Waals surface area contributed by atoms with Crippen molar-refractivity contribution in [3.05, 3.63) is 63.2 Å². The molecule has 0 aliphatic carbocycles. The quantitative estimate of drug-likeness (QED) is 0.353. The zero-order chi connectivity index (χ0) is 22.3. The summed E-state index contributed by atoms with van der Waals surface area (Å²) < 4.78 is 15.7. The zero-order valence-electron chi connectivity index (χ0n) is 17.9. The molecule has 2 aromatic rings. The van der Waals surface area contributed by atoms with Gasteiger partial charge < -0.3 is 19.5 Å². The van der Waals surface area contributed by atoms with Crippen molar-refractivity contribution in [1.29, 1.82) is 0 Å². The van der Waals surface area contributed by atoms with Gasteiger partial charge in [-0.25, -0.2) is 0 Å². The number of amides is 1. The Bertz CT molecular complexity index is 880. The maximum absolute atomic E-state index is 12.8. The molecule has 0 aliphatic rings. The summed E-state index contributed by atoms with van der Waals surface area (Å²) in [6.07, 6.45) is 0. The van der Waals surface area contributed by atoms with Gasteiger partial charge >= 0.3 is 0 Å². The van der Waals surface area contributed by atoms with E-state index < -0.39 is 10.8 Å². The molecule has 0 aromatic heterocycles. The molecular formula is C22H28N2O6. The summed E-state index contributed by atoms with van der Waals surface area (Å²) in [5.74, 6) is 0.249. The summed E-state index contributed by atoms with van der Waals surface area (Å²) in [5, 5.41) is 14.4. The fourth-order valence-electron chi connectivity index (χ4n) is 2.92. The molecule has 1 unspecified atom stereocenters. The summed E-state index contributed by atoms with van der Waals surface area (Å²) in [7, 11) is 2.93. The Morgan fingerprint density at radius 3 is 2.20 bits per heavy atom. The Kier molecular flexibility index (Phi) is 8.17. The van der Waals surface area contributed by atoms with Crippen LogP contribution in [0.1, 0.15) is 54.2 Å². The maximum Gasteiger partial charge on any atom is 0.286 e. The van der Waals surface area contributed by atoms with Crippen LogP contribution in [0.2, 0.25) is 0 Å². The number of benzene rings is 2. The lowest BCUT2D eigenvalue weighted by molar-refractivity contribution is -0.385. The monoisotopic (exact) mass is 416 g/mol. The van der Waals surface area contributed by atoms with Gasteiger partial charge in [0.15, 0.2) is 11.5 Å². The molecule has 0 saturated carbocycles. The Hall–Kier alpha value is -3.13. The Labute approximate surface area is 176 Å². The normalized spacial score (nSPS) is 11.8. The Balaban J connectivity index is 2.27. The van der Waals surface area contributed by atoms with Gasteiger partial charge in [-0.15, -0.1) is 0 Å². The van der Waals surface area contributed by atoms with Gasteiger partial charge in [0, 0.05) is 13.2 Å². The molecule has 30 heavy (non-hydrogen) atoms. The number of methoxy groups -OCH3 is 2. The maximum atomic E-state index is 12.8. The Morgan fingerprint density at radius 1 is 1.03 bits per heavy atom. The largest absolute Gasteiger partial charge is 0.493 e. The van der Waals surface area contributed by atoms with E-state index in [-0.39, 0.29) is 35.4 Å². The van der Waals surface area contributed by atoms with E-state index in [0.29, 0.717) is 12.5 Å². The van der Waals surface area contributed by atoms with Crippen molar-refractivity contribution in [3.63, 3.8) is 0 Å². The first-order valence-corrected chi connectivity index (χ1v) is 9.67. The van der Waals surface area contributed by atoms with Crippen LogP contribution >= 0.6 is 0 Å². The molecule has 0 fully saturated rings. The van der Waals surface area contributed by atoms with Crippen LogP contribution in [0.4, 0.5) is 5.69 Å². The average Bonchev–Trinajstić information content (AvgIpc) is 2.73. The molecule has 0 aliphatic heterocycles. The third kappa shape index (κ3) is 5.70. The van der Waals surface area contributed by atoms with Gasteiger partial charge in [0.25, 0.3) is 11.6 Å². The van der Waals surface area contributed by atoms with E-state index in [1.807, 2.05) is 31.2 Å². The van der Waals surface area contributed by atoms with Gasteiger partial charge in [0.1, 0.15) is 12.2 Å². The average molecular weight is 416 g/mol. The SMILES string of the molecule is COCCOc1cc([N+](=O)[O-])c(C(=O)NC(C)c2ccc(C(C)C)cc2)cc1OC. The number of hydrogen-bond acceptors (Lipinski definition) is 6. The van der Waals surface area contributed by atoms with Gasteiger partial charge in [-0.05, 0) is 24.0 Å². The van der Waals surface area contributed by atoms with Crippen molar-refractivity contribution in [2.45, 2.75) is 32.7 Å². The first-order chi connectivity index (χ1) is 14.3. The second-order valence-electron chi connectivity index (χ2n) is 7.14. The molecule has 8 nitrogen and oxygen atoms in total. The van der Waals surface area contributed by atoms with Gasteiger partial charge in [-0.1, -0.05) is 38.1 Å². The third-order valence-corrected chi connectivity index (χ3v) is 4.72. The first kappa shape index (κ1) is 23.2. The topological polar surface area (TPSA) is 99.9 Å². The summed E-state index contributed by atoms with van der Waals surface area (Å²) in [5.41, 5.74) is 1.65. The lowest BCUT2D eigenvalue weighted by atomic mass is 9.99. The predicted molar refractivity (Wildman–Crippen MR) is 113 cm³/mol. The van der Waals surface area contributed by atoms with Crippen LogP contribution in [0.25, 0.3) is 0 Å². The first-order valence-electron chi connectivity index (χ1n) is 9.67. The minimum Gasteiger partial charge on any atom is -0.493 e. The van der Waals surface area contributed by atoms with Crippen LogP contribution in [0.5, 0.6) is 11.5 Å².